The molecule has 0 saturated heterocycles. The summed E-state index contributed by atoms with van der Waals surface area (Å²) >= 11 is 0. The number of carboxylic acids is 1. The zero-order valence-corrected chi connectivity index (χ0v) is 26.0. The number of allylic oxidation sites excluding steroid dienone is 3. The first-order valence-electron chi connectivity index (χ1n) is 15.5. The molecule has 0 unspecified atom stereocenters. The summed E-state index contributed by atoms with van der Waals surface area (Å²) in [7, 11) is 0. The Morgan fingerprint density at radius 1 is 0.714 bits per heavy atom. The zero-order valence-electron chi connectivity index (χ0n) is 26.0. The van der Waals surface area contributed by atoms with Crippen LogP contribution in [0, 0.1) is 11.8 Å². The number of esters is 4. The number of carbonyl (C=O) groups excluding carboxylic acids is 4. The summed E-state index contributed by atoms with van der Waals surface area (Å²) in [4.78, 5) is 63.0. The van der Waals surface area contributed by atoms with Crippen LogP contribution in [0.4, 0.5) is 0 Å². The molecule has 0 amide bonds. The number of carbonyl (C=O) groups is 5. The van der Waals surface area contributed by atoms with Gasteiger partial charge in [0.1, 0.15) is 0 Å². The summed E-state index contributed by atoms with van der Waals surface area (Å²) in [6.07, 6.45) is 16.1. The van der Waals surface area contributed by atoms with Crippen LogP contribution < -0.4 is 0 Å². The summed E-state index contributed by atoms with van der Waals surface area (Å²) in [5.41, 5.74) is 0. The lowest BCUT2D eigenvalue weighted by molar-refractivity contribution is -0.352. The van der Waals surface area contributed by atoms with Crippen molar-refractivity contribution < 1.29 is 48.0 Å². The fourth-order valence-corrected chi connectivity index (χ4v) is 4.86. The third-order valence-electron chi connectivity index (χ3n) is 7.33. The molecule has 10 nitrogen and oxygen atoms in total. The van der Waals surface area contributed by atoms with Gasteiger partial charge in [0.2, 0.25) is 0 Å². The SMILES string of the molecule is CCCCCCC=C[C@H]1CCC[C@@H]1CC=CCC(OC(=O)CC)(OC(=O)CC)C(OC(=O)CC)(OC(=O)CC)C(=O)O. The smallest absolute Gasteiger partial charge is 0.435 e. The van der Waals surface area contributed by atoms with Gasteiger partial charge in [0, 0.05) is 25.7 Å². The second kappa shape index (κ2) is 19.1. The van der Waals surface area contributed by atoms with Crippen molar-refractivity contribution in [1.82, 2.24) is 0 Å². The molecule has 2 atom stereocenters. The summed E-state index contributed by atoms with van der Waals surface area (Å²) in [5, 5.41) is 10.4. The highest BCUT2D eigenvalue weighted by atomic mass is 16.8. The maximum absolute atomic E-state index is 12.8. The summed E-state index contributed by atoms with van der Waals surface area (Å²) in [6.45, 7) is 7.93. The van der Waals surface area contributed by atoms with Gasteiger partial charge < -0.3 is 24.1 Å². The Hall–Kier alpha value is -3.17. The normalized spacial score (nSPS) is 17.4. The van der Waals surface area contributed by atoms with Crippen molar-refractivity contribution in [2.75, 3.05) is 0 Å². The highest BCUT2D eigenvalue weighted by molar-refractivity contribution is 5.86. The molecule has 0 heterocycles. The molecule has 0 aliphatic heterocycles. The molecule has 1 rings (SSSR count). The number of unbranched alkanes of at least 4 members (excludes halogenated alkanes) is 4. The van der Waals surface area contributed by atoms with Crippen LogP contribution in [-0.2, 0) is 42.9 Å². The quantitative estimate of drug-likeness (QED) is 0.0713. The molecular weight excluding hydrogens is 544 g/mol. The minimum Gasteiger partial charge on any atom is -0.475 e. The Morgan fingerprint density at radius 2 is 1.26 bits per heavy atom. The van der Waals surface area contributed by atoms with E-state index < -0.39 is 47.8 Å². The van der Waals surface area contributed by atoms with E-state index in [1.807, 2.05) is 6.08 Å². The minimum absolute atomic E-state index is 0.219. The second-order valence-electron chi connectivity index (χ2n) is 10.5. The highest BCUT2D eigenvalue weighted by Crippen LogP contribution is 2.40. The first-order chi connectivity index (χ1) is 20.0. The zero-order chi connectivity index (χ0) is 31.6. The lowest BCUT2D eigenvalue weighted by Crippen LogP contribution is -2.67. The summed E-state index contributed by atoms with van der Waals surface area (Å²) in [5.74, 6) is -11.3. The first-order valence-corrected chi connectivity index (χ1v) is 15.5. The van der Waals surface area contributed by atoms with E-state index >= 15 is 0 Å². The molecule has 0 bridgehead atoms. The lowest BCUT2D eigenvalue weighted by atomic mass is 9.91. The van der Waals surface area contributed by atoms with Crippen LogP contribution in [-0.4, -0.2) is 46.5 Å². The van der Waals surface area contributed by atoms with Crippen LogP contribution in [0.2, 0.25) is 0 Å². The van der Waals surface area contributed by atoms with Gasteiger partial charge in [-0.2, -0.15) is 0 Å². The van der Waals surface area contributed by atoms with E-state index in [9.17, 15) is 29.1 Å². The summed E-state index contributed by atoms with van der Waals surface area (Å²) in [6, 6.07) is 0. The van der Waals surface area contributed by atoms with E-state index in [1.165, 1.54) is 59.5 Å². The maximum Gasteiger partial charge on any atom is 0.435 e. The van der Waals surface area contributed by atoms with E-state index in [0.29, 0.717) is 18.3 Å². The van der Waals surface area contributed by atoms with Crippen molar-refractivity contribution >= 4 is 29.8 Å². The van der Waals surface area contributed by atoms with Gasteiger partial charge in [0.05, 0.1) is 6.42 Å². The molecule has 0 radical (unpaired) electrons. The second-order valence-corrected chi connectivity index (χ2v) is 10.5. The molecule has 42 heavy (non-hydrogen) atoms. The molecular formula is C32H50O10. The fraction of sp³-hybridized carbons (Fsp3) is 0.719. The lowest BCUT2D eigenvalue weighted by Gasteiger charge is -2.42. The van der Waals surface area contributed by atoms with Gasteiger partial charge in [-0.05, 0) is 43.9 Å². The van der Waals surface area contributed by atoms with Gasteiger partial charge >= 0.3 is 41.4 Å². The number of carboxylic acid groups (broad SMARTS) is 1. The van der Waals surface area contributed by atoms with E-state index in [-0.39, 0.29) is 25.7 Å². The van der Waals surface area contributed by atoms with E-state index in [2.05, 4.69) is 19.1 Å². The first kappa shape index (κ1) is 36.9. The van der Waals surface area contributed by atoms with Crippen LogP contribution in [0.5, 0.6) is 0 Å². The molecule has 10 heteroatoms. The third-order valence-corrected chi connectivity index (χ3v) is 7.33. The van der Waals surface area contributed by atoms with E-state index in [1.54, 1.807) is 0 Å². The molecule has 1 aliphatic rings. The van der Waals surface area contributed by atoms with Crippen LogP contribution >= 0.6 is 0 Å². The topological polar surface area (TPSA) is 142 Å². The molecule has 0 aromatic carbocycles. The molecule has 0 spiro atoms. The van der Waals surface area contributed by atoms with Crippen LogP contribution in [0.25, 0.3) is 0 Å². The molecule has 0 aromatic rings. The predicted molar refractivity (Wildman–Crippen MR) is 156 cm³/mol. The average Bonchev–Trinajstić information content (AvgIpc) is 3.42. The van der Waals surface area contributed by atoms with E-state index in [4.69, 9.17) is 18.9 Å². The number of rotatable bonds is 20. The maximum atomic E-state index is 12.8. The minimum atomic E-state index is -3.27. The Morgan fingerprint density at radius 3 is 1.76 bits per heavy atom. The highest BCUT2D eigenvalue weighted by Gasteiger charge is 2.70. The Balaban J connectivity index is 3.41. The molecule has 1 fully saturated rings. The number of hydrogen-bond donors (Lipinski definition) is 1. The van der Waals surface area contributed by atoms with Crippen molar-refractivity contribution in [3.8, 4) is 0 Å². The van der Waals surface area contributed by atoms with Gasteiger partial charge in [-0.3, -0.25) is 19.2 Å². The predicted octanol–water partition coefficient (Wildman–Crippen LogP) is 6.56. The van der Waals surface area contributed by atoms with Crippen LogP contribution in [0.3, 0.4) is 0 Å². The molecule has 0 aromatic heterocycles. The van der Waals surface area contributed by atoms with Gasteiger partial charge in [-0.15, -0.1) is 0 Å². The molecule has 1 N–H and O–H groups in total. The Bertz CT molecular complexity index is 915. The van der Waals surface area contributed by atoms with Gasteiger partial charge in [0.15, 0.2) is 0 Å². The number of hydrogen-bond acceptors (Lipinski definition) is 9. The number of aliphatic carboxylic acids is 1. The van der Waals surface area contributed by atoms with Gasteiger partial charge in [-0.25, -0.2) is 4.79 Å². The van der Waals surface area contributed by atoms with Crippen molar-refractivity contribution in [3.63, 3.8) is 0 Å². The Labute approximate surface area is 250 Å². The Kier molecular flexibility index (Phi) is 16.8. The van der Waals surface area contributed by atoms with Crippen molar-refractivity contribution in [3.05, 3.63) is 24.3 Å². The van der Waals surface area contributed by atoms with Crippen molar-refractivity contribution in [2.45, 2.75) is 136 Å². The van der Waals surface area contributed by atoms with Crippen molar-refractivity contribution in [1.29, 1.82) is 0 Å². The largest absolute Gasteiger partial charge is 0.475 e. The average molecular weight is 595 g/mol. The van der Waals surface area contributed by atoms with E-state index in [0.717, 1.165) is 25.7 Å². The monoisotopic (exact) mass is 594 g/mol. The molecule has 238 valence electrons. The van der Waals surface area contributed by atoms with Crippen LogP contribution in [0.1, 0.15) is 125 Å². The van der Waals surface area contributed by atoms with Gasteiger partial charge in [0.25, 0.3) is 0 Å². The molecule has 1 aliphatic carbocycles. The number of ether oxygens (including phenoxy) is 4. The van der Waals surface area contributed by atoms with Gasteiger partial charge in [-0.1, -0.05) is 84.6 Å². The third kappa shape index (κ3) is 10.9. The van der Waals surface area contributed by atoms with Crippen molar-refractivity contribution in [2.24, 2.45) is 11.8 Å². The standard InChI is InChI=1S/C32H50O10/c1-6-11-12-13-14-15-19-24-21-18-22-25(24)20-16-17-23-31(39-26(33)7-2,40-27(34)8-3)32(30(37)38,41-28(35)9-4)42-29(36)10-5/h15-17,19,24-25H,6-14,18,20-23H2,1-5H3,(H,37,38)/t24-,25-/m0/s1. The summed E-state index contributed by atoms with van der Waals surface area (Å²) < 4.78 is 21.4. The molecule has 1 saturated carbocycles. The van der Waals surface area contributed by atoms with Crippen LogP contribution in [0.15, 0.2) is 24.3 Å². The fourth-order valence-electron chi connectivity index (χ4n) is 4.86.